The number of aromatic hydroxyl groups is 1. The molecule has 0 bridgehead atoms. The number of amides is 3. The molecule has 0 saturated carbocycles. The Balaban J connectivity index is 1.13. The number of nitrogens with zero attached hydrogens (tertiary/aromatic N) is 8. The molecule has 0 radical (unpaired) electrons. The van der Waals surface area contributed by atoms with Gasteiger partial charge in [-0.2, -0.15) is 0 Å². The molecular weight excluding hydrogens is 688 g/mol. The number of hydrogen-bond acceptors (Lipinski definition) is 9. The number of halogens is 1. The van der Waals surface area contributed by atoms with E-state index in [4.69, 9.17) is 4.98 Å². The standard InChI is InChI=1S/C41H51FN8O4/c1-4-18-48-28-40(53)49-36(21-31-15-16-34(51)22-35(31)42)41(54)47(27-38(49)50(48)39(52)17-14-30-10-7-6-8-11-30)24-32-12-9-13-37(43-32)46-25-33(26-46)45-20-19-44(5-2)29(3)23-45/h4,6-13,15-16,22,29,33,36,38,51H,1,5,14,17-21,23-28H2,2-3H3/t29-,36+,38?/m1/s1. The summed E-state index contributed by atoms with van der Waals surface area (Å²) < 4.78 is 15.2. The van der Waals surface area contributed by atoms with Crippen LogP contribution in [0.15, 0.2) is 79.4 Å². The highest BCUT2D eigenvalue weighted by molar-refractivity contribution is 5.92. The number of rotatable bonds is 12. The minimum Gasteiger partial charge on any atom is -0.508 e. The van der Waals surface area contributed by atoms with Crippen LogP contribution in [-0.4, -0.2) is 141 Å². The van der Waals surface area contributed by atoms with E-state index in [1.165, 1.54) is 17.0 Å². The summed E-state index contributed by atoms with van der Waals surface area (Å²) in [5.41, 5.74) is 1.89. The lowest BCUT2D eigenvalue weighted by atomic mass is 9.97. The van der Waals surface area contributed by atoms with Gasteiger partial charge in [-0.05, 0) is 49.2 Å². The first-order chi connectivity index (χ1) is 26.1. The Hall–Kier alpha value is -4.85. The van der Waals surface area contributed by atoms with Crippen molar-refractivity contribution in [1.82, 2.24) is 34.6 Å². The number of aromatic nitrogens is 1. The maximum atomic E-state index is 15.2. The second kappa shape index (κ2) is 16.3. The Bertz CT molecular complexity index is 1840. The van der Waals surface area contributed by atoms with Gasteiger partial charge in [-0.15, -0.1) is 6.58 Å². The third-order valence-corrected chi connectivity index (χ3v) is 11.4. The first-order valence-electron chi connectivity index (χ1n) is 19.1. The predicted octanol–water partition coefficient (Wildman–Crippen LogP) is 3.13. The molecule has 4 aliphatic rings. The summed E-state index contributed by atoms with van der Waals surface area (Å²) in [5.74, 6) is -0.927. The van der Waals surface area contributed by atoms with E-state index >= 15 is 4.39 Å². The number of carbonyl (C=O) groups is 3. The minimum absolute atomic E-state index is 0.0590. The second-order valence-corrected chi connectivity index (χ2v) is 14.9. The summed E-state index contributed by atoms with van der Waals surface area (Å²) in [6, 6.07) is 19.3. The smallest absolute Gasteiger partial charge is 0.246 e. The van der Waals surface area contributed by atoms with Crippen LogP contribution >= 0.6 is 0 Å². The molecule has 7 rings (SSSR count). The minimum atomic E-state index is -1.08. The van der Waals surface area contributed by atoms with Gasteiger partial charge in [-0.1, -0.05) is 55.5 Å². The highest BCUT2D eigenvalue weighted by Gasteiger charge is 2.51. The zero-order valence-electron chi connectivity index (χ0n) is 31.3. The highest BCUT2D eigenvalue weighted by atomic mass is 19.1. The van der Waals surface area contributed by atoms with Gasteiger partial charge in [0.05, 0.1) is 25.3 Å². The number of phenols is 1. The number of anilines is 1. The average molecular weight is 739 g/mol. The van der Waals surface area contributed by atoms with Gasteiger partial charge < -0.3 is 19.8 Å². The lowest BCUT2D eigenvalue weighted by Crippen LogP contribution is -2.76. The van der Waals surface area contributed by atoms with Gasteiger partial charge in [0.1, 0.15) is 29.6 Å². The fourth-order valence-corrected chi connectivity index (χ4v) is 8.45. The van der Waals surface area contributed by atoms with Crippen LogP contribution in [0.4, 0.5) is 10.2 Å². The lowest BCUT2D eigenvalue weighted by Gasteiger charge is -2.55. The predicted molar refractivity (Wildman–Crippen MR) is 204 cm³/mol. The van der Waals surface area contributed by atoms with Gasteiger partial charge in [0.2, 0.25) is 17.7 Å². The Morgan fingerprint density at radius 3 is 2.54 bits per heavy atom. The second-order valence-electron chi connectivity index (χ2n) is 14.9. The van der Waals surface area contributed by atoms with Crippen molar-refractivity contribution in [3.63, 3.8) is 0 Å². The topological polar surface area (TPSA) is 107 Å². The largest absolute Gasteiger partial charge is 0.508 e. The number of fused-ring (bicyclic) bond motifs is 1. The highest BCUT2D eigenvalue weighted by Crippen LogP contribution is 2.31. The number of pyridine rings is 1. The monoisotopic (exact) mass is 738 g/mol. The summed E-state index contributed by atoms with van der Waals surface area (Å²) in [6.45, 7) is 14.8. The summed E-state index contributed by atoms with van der Waals surface area (Å²) in [7, 11) is 0. The molecule has 13 heteroatoms. The van der Waals surface area contributed by atoms with E-state index in [0.717, 1.165) is 56.7 Å². The summed E-state index contributed by atoms with van der Waals surface area (Å²) in [5, 5.41) is 13.2. The van der Waals surface area contributed by atoms with Crippen molar-refractivity contribution in [2.45, 2.75) is 63.9 Å². The van der Waals surface area contributed by atoms with E-state index in [1.54, 1.807) is 21.0 Å². The summed E-state index contributed by atoms with van der Waals surface area (Å²) >= 11 is 0. The van der Waals surface area contributed by atoms with E-state index in [-0.39, 0.29) is 68.1 Å². The molecular formula is C41H51FN8O4. The maximum absolute atomic E-state index is 15.2. The van der Waals surface area contributed by atoms with Crippen molar-refractivity contribution in [2.24, 2.45) is 0 Å². The molecule has 4 fully saturated rings. The number of benzene rings is 2. The number of likely N-dealkylation sites (N-methyl/N-ethyl adjacent to an activating group) is 1. The van der Waals surface area contributed by atoms with Crippen molar-refractivity contribution in [2.75, 3.05) is 63.8 Å². The van der Waals surface area contributed by atoms with E-state index in [2.05, 4.69) is 35.1 Å². The molecule has 0 spiro atoms. The zero-order chi connectivity index (χ0) is 37.9. The molecule has 286 valence electrons. The van der Waals surface area contributed by atoms with Crippen molar-refractivity contribution in [3.8, 4) is 5.75 Å². The SMILES string of the molecule is C=CCN1CC(=O)N2C(CN(Cc3cccc(N4CC(N5CCN(CC)[C@H](C)C5)C4)n3)C(=O)[C@@H]2Cc2ccc(O)cc2F)N1C(=O)CCc1ccccc1. The van der Waals surface area contributed by atoms with Crippen LogP contribution in [-0.2, 0) is 33.8 Å². The van der Waals surface area contributed by atoms with E-state index in [9.17, 15) is 19.5 Å². The van der Waals surface area contributed by atoms with Gasteiger partial charge in [0.15, 0.2) is 0 Å². The van der Waals surface area contributed by atoms with Crippen LogP contribution in [0.1, 0.15) is 37.1 Å². The fourth-order valence-electron chi connectivity index (χ4n) is 8.45. The lowest BCUT2D eigenvalue weighted by molar-refractivity contribution is -0.205. The Morgan fingerprint density at radius 1 is 1.02 bits per heavy atom. The van der Waals surface area contributed by atoms with Gasteiger partial charge in [-0.25, -0.2) is 19.4 Å². The van der Waals surface area contributed by atoms with Gasteiger partial charge >= 0.3 is 0 Å². The molecule has 5 heterocycles. The third kappa shape index (κ3) is 7.84. The molecule has 3 amide bonds. The molecule has 2 aromatic carbocycles. The number of hydrogen-bond donors (Lipinski definition) is 1. The molecule has 1 unspecified atom stereocenters. The fraction of sp³-hybridized carbons (Fsp3) is 0.463. The van der Waals surface area contributed by atoms with Crippen LogP contribution in [0.25, 0.3) is 0 Å². The number of phenolic OH excluding ortho intramolecular Hbond substituents is 1. The van der Waals surface area contributed by atoms with Crippen molar-refractivity contribution >= 4 is 23.5 Å². The van der Waals surface area contributed by atoms with E-state index < -0.39 is 18.0 Å². The van der Waals surface area contributed by atoms with Crippen LogP contribution in [0.5, 0.6) is 5.75 Å². The third-order valence-electron chi connectivity index (χ3n) is 11.4. The quantitative estimate of drug-likeness (QED) is 0.281. The average Bonchev–Trinajstić information content (AvgIpc) is 3.13. The normalized spacial score (nSPS) is 23.1. The van der Waals surface area contributed by atoms with E-state index in [1.807, 2.05) is 48.5 Å². The molecule has 4 saturated heterocycles. The van der Waals surface area contributed by atoms with Gasteiger partial charge in [0, 0.05) is 70.3 Å². The van der Waals surface area contributed by atoms with E-state index in [0.29, 0.717) is 24.2 Å². The van der Waals surface area contributed by atoms with Crippen LogP contribution in [0.3, 0.4) is 0 Å². The molecule has 1 N–H and O–H groups in total. The summed E-state index contributed by atoms with van der Waals surface area (Å²) in [4.78, 5) is 58.0. The van der Waals surface area contributed by atoms with Gasteiger partial charge in [0.25, 0.3) is 0 Å². The Labute approximate surface area is 317 Å². The van der Waals surface area contributed by atoms with Crippen LogP contribution in [0.2, 0.25) is 0 Å². The number of carbonyl (C=O) groups excluding carboxylic acids is 3. The zero-order valence-corrected chi connectivity index (χ0v) is 31.3. The number of hydrazine groups is 1. The molecule has 1 aromatic heterocycles. The van der Waals surface area contributed by atoms with Crippen molar-refractivity contribution in [1.29, 1.82) is 0 Å². The molecule has 12 nitrogen and oxygen atoms in total. The molecule has 54 heavy (non-hydrogen) atoms. The van der Waals surface area contributed by atoms with Gasteiger partial charge in [-0.3, -0.25) is 24.2 Å². The Morgan fingerprint density at radius 2 is 1.81 bits per heavy atom. The van der Waals surface area contributed by atoms with Crippen molar-refractivity contribution < 1.29 is 23.9 Å². The van der Waals surface area contributed by atoms with Crippen molar-refractivity contribution in [3.05, 3.63) is 102 Å². The summed E-state index contributed by atoms with van der Waals surface area (Å²) in [6.07, 6.45) is 1.40. The first-order valence-corrected chi connectivity index (χ1v) is 19.1. The Kier molecular flexibility index (Phi) is 11.3. The first kappa shape index (κ1) is 37.5. The molecule has 3 aromatic rings. The van der Waals surface area contributed by atoms with Crippen LogP contribution in [0, 0.1) is 5.82 Å². The molecule has 0 aliphatic carbocycles. The van der Waals surface area contributed by atoms with Crippen LogP contribution < -0.4 is 4.90 Å². The maximum Gasteiger partial charge on any atom is 0.246 e. The molecule has 4 aliphatic heterocycles. The number of piperazine rings is 2. The molecule has 3 atom stereocenters. The number of aryl methyl sites for hydroxylation is 1.